The Morgan fingerprint density at radius 1 is 1.35 bits per heavy atom. The highest BCUT2D eigenvalue weighted by atomic mass is 79.9. The van der Waals surface area contributed by atoms with E-state index in [0.29, 0.717) is 16.9 Å². The average molecular weight is 360 g/mol. The summed E-state index contributed by atoms with van der Waals surface area (Å²) in [5.41, 5.74) is 0. The summed E-state index contributed by atoms with van der Waals surface area (Å²) in [6, 6.07) is 7.48. The molecule has 2 rings (SSSR count). The highest BCUT2D eigenvalue weighted by Gasteiger charge is 2.28. The van der Waals surface area contributed by atoms with Gasteiger partial charge in [0.25, 0.3) is 0 Å². The summed E-state index contributed by atoms with van der Waals surface area (Å²) in [5.74, 6) is 0.743. The molecule has 0 aromatic heterocycles. The monoisotopic (exact) mass is 359 g/mol. The molecule has 112 valence electrons. The van der Waals surface area contributed by atoms with Crippen LogP contribution in [0.3, 0.4) is 0 Å². The first-order valence-electron chi connectivity index (χ1n) is 7.24. The third-order valence-corrected chi connectivity index (χ3v) is 6.28. The van der Waals surface area contributed by atoms with E-state index in [-0.39, 0.29) is 5.75 Å². The molecule has 1 saturated carbocycles. The van der Waals surface area contributed by atoms with Crippen LogP contribution in [0.5, 0.6) is 0 Å². The molecule has 1 N–H and O–H groups in total. The lowest BCUT2D eigenvalue weighted by atomic mass is 10.0. The van der Waals surface area contributed by atoms with Gasteiger partial charge < -0.3 is 5.32 Å². The molecule has 2 atom stereocenters. The van der Waals surface area contributed by atoms with E-state index in [0.717, 1.165) is 23.9 Å². The number of hydrogen-bond acceptors (Lipinski definition) is 3. The van der Waals surface area contributed by atoms with Crippen LogP contribution < -0.4 is 5.32 Å². The Balaban J connectivity index is 1.99. The van der Waals surface area contributed by atoms with Crippen molar-refractivity contribution < 1.29 is 8.42 Å². The topological polar surface area (TPSA) is 46.2 Å². The Labute approximate surface area is 130 Å². The van der Waals surface area contributed by atoms with Crippen molar-refractivity contribution in [1.82, 2.24) is 5.32 Å². The van der Waals surface area contributed by atoms with E-state index in [1.807, 2.05) is 6.07 Å². The molecule has 1 aromatic carbocycles. The van der Waals surface area contributed by atoms with Gasteiger partial charge in [-0.1, -0.05) is 35.3 Å². The molecule has 1 fully saturated rings. The first kappa shape index (κ1) is 16.0. The number of sulfone groups is 1. The van der Waals surface area contributed by atoms with Gasteiger partial charge in [-0.3, -0.25) is 0 Å². The van der Waals surface area contributed by atoms with Gasteiger partial charge in [-0.15, -0.1) is 0 Å². The predicted octanol–water partition coefficient (Wildman–Crippen LogP) is 3.39. The fourth-order valence-corrected chi connectivity index (χ4v) is 4.99. The third-order valence-electron chi connectivity index (χ3n) is 4.04. The van der Waals surface area contributed by atoms with Gasteiger partial charge >= 0.3 is 0 Å². The number of benzene rings is 1. The highest BCUT2D eigenvalue weighted by Crippen LogP contribution is 2.29. The molecule has 0 heterocycles. The van der Waals surface area contributed by atoms with Gasteiger partial charge in [0, 0.05) is 10.5 Å². The maximum atomic E-state index is 12.4. The van der Waals surface area contributed by atoms with Gasteiger partial charge in [0.15, 0.2) is 9.84 Å². The Bertz CT molecular complexity index is 545. The van der Waals surface area contributed by atoms with Gasteiger partial charge in [-0.05, 0) is 49.9 Å². The maximum Gasteiger partial charge on any atom is 0.178 e. The zero-order chi connectivity index (χ0) is 14.6. The zero-order valence-corrected chi connectivity index (χ0v) is 14.2. The van der Waals surface area contributed by atoms with Crippen molar-refractivity contribution in [2.24, 2.45) is 5.92 Å². The van der Waals surface area contributed by atoms with Crippen LogP contribution >= 0.6 is 15.9 Å². The molecule has 1 aliphatic rings. The summed E-state index contributed by atoms with van der Waals surface area (Å²) in [4.78, 5) is 0.421. The van der Waals surface area contributed by atoms with Crippen LogP contribution in [0.4, 0.5) is 0 Å². The van der Waals surface area contributed by atoms with Crippen LogP contribution in [0.1, 0.15) is 32.6 Å². The summed E-state index contributed by atoms with van der Waals surface area (Å²) < 4.78 is 25.5. The van der Waals surface area contributed by atoms with Crippen LogP contribution in [0.2, 0.25) is 0 Å². The fourth-order valence-electron chi connectivity index (χ4n) is 3.00. The minimum atomic E-state index is -3.17. The van der Waals surface area contributed by atoms with Crippen molar-refractivity contribution in [1.29, 1.82) is 0 Å². The molecular weight excluding hydrogens is 338 g/mol. The van der Waals surface area contributed by atoms with Crippen molar-refractivity contribution >= 4 is 25.8 Å². The molecule has 1 aromatic rings. The second kappa shape index (κ2) is 7.05. The molecule has 0 radical (unpaired) electrons. The summed E-state index contributed by atoms with van der Waals surface area (Å²) in [7, 11) is -3.17. The Morgan fingerprint density at radius 3 is 2.85 bits per heavy atom. The molecule has 1 aliphatic carbocycles. The summed E-state index contributed by atoms with van der Waals surface area (Å²) >= 11 is 3.33. The fraction of sp³-hybridized carbons (Fsp3) is 0.600. The molecule has 3 nitrogen and oxygen atoms in total. The van der Waals surface area contributed by atoms with Crippen molar-refractivity contribution in [3.63, 3.8) is 0 Å². The first-order valence-corrected chi connectivity index (χ1v) is 9.69. The van der Waals surface area contributed by atoms with Gasteiger partial charge in [0.2, 0.25) is 0 Å². The lowest BCUT2D eigenvalue weighted by molar-refractivity contribution is 0.398. The zero-order valence-electron chi connectivity index (χ0n) is 11.8. The van der Waals surface area contributed by atoms with Gasteiger partial charge in [0.05, 0.1) is 10.6 Å². The summed E-state index contributed by atoms with van der Waals surface area (Å²) in [6.45, 7) is 3.06. The van der Waals surface area contributed by atoms with Crippen LogP contribution in [-0.2, 0) is 9.84 Å². The Kier molecular flexibility index (Phi) is 5.64. The predicted molar refractivity (Wildman–Crippen MR) is 85.6 cm³/mol. The second-order valence-electron chi connectivity index (χ2n) is 5.42. The standard InChI is InChI=1S/C15H22BrNO2S/c1-2-17-15-8-3-5-12(15)9-10-20(18,19)14-7-4-6-13(16)11-14/h4,6-7,11-12,15,17H,2-3,5,8-10H2,1H3. The second-order valence-corrected chi connectivity index (χ2v) is 8.44. The van der Waals surface area contributed by atoms with E-state index in [2.05, 4.69) is 28.2 Å². The highest BCUT2D eigenvalue weighted by molar-refractivity contribution is 9.10. The summed E-state index contributed by atoms with van der Waals surface area (Å²) in [5, 5.41) is 3.48. The molecule has 0 saturated heterocycles. The molecule has 0 spiro atoms. The lowest BCUT2D eigenvalue weighted by Crippen LogP contribution is -2.33. The molecular formula is C15H22BrNO2S. The molecule has 5 heteroatoms. The molecule has 0 bridgehead atoms. The minimum Gasteiger partial charge on any atom is -0.314 e. The first-order chi connectivity index (χ1) is 9.53. The SMILES string of the molecule is CCNC1CCCC1CCS(=O)(=O)c1cccc(Br)c1. The number of rotatable bonds is 6. The van der Waals surface area contributed by atoms with E-state index in [1.165, 1.54) is 12.8 Å². The number of halogens is 1. The van der Waals surface area contributed by atoms with E-state index in [4.69, 9.17) is 0 Å². The normalized spacial score (nSPS) is 23.1. The van der Waals surface area contributed by atoms with Crippen molar-refractivity contribution in [3.8, 4) is 0 Å². The molecule has 0 amide bonds. The van der Waals surface area contributed by atoms with E-state index < -0.39 is 9.84 Å². The van der Waals surface area contributed by atoms with Crippen molar-refractivity contribution in [2.75, 3.05) is 12.3 Å². The van der Waals surface area contributed by atoms with E-state index in [1.54, 1.807) is 18.2 Å². The lowest BCUT2D eigenvalue weighted by Gasteiger charge is -2.20. The third kappa shape index (κ3) is 4.06. The average Bonchev–Trinajstić information content (AvgIpc) is 2.84. The van der Waals surface area contributed by atoms with Gasteiger partial charge in [-0.2, -0.15) is 0 Å². The summed E-state index contributed by atoms with van der Waals surface area (Å²) in [6.07, 6.45) is 4.28. The van der Waals surface area contributed by atoms with Crippen LogP contribution in [0.15, 0.2) is 33.6 Å². The van der Waals surface area contributed by atoms with Gasteiger partial charge in [0.1, 0.15) is 0 Å². The number of nitrogens with one attached hydrogen (secondary N) is 1. The Morgan fingerprint density at radius 2 is 2.15 bits per heavy atom. The largest absolute Gasteiger partial charge is 0.314 e. The molecule has 20 heavy (non-hydrogen) atoms. The van der Waals surface area contributed by atoms with E-state index in [9.17, 15) is 8.42 Å². The van der Waals surface area contributed by atoms with Crippen molar-refractivity contribution in [2.45, 2.75) is 43.5 Å². The quantitative estimate of drug-likeness (QED) is 0.846. The van der Waals surface area contributed by atoms with Gasteiger partial charge in [-0.25, -0.2) is 8.42 Å². The minimum absolute atomic E-state index is 0.246. The van der Waals surface area contributed by atoms with Crippen LogP contribution in [0, 0.1) is 5.92 Å². The van der Waals surface area contributed by atoms with E-state index >= 15 is 0 Å². The Hall–Kier alpha value is -0.390. The number of hydrogen-bond donors (Lipinski definition) is 1. The molecule has 0 aliphatic heterocycles. The van der Waals surface area contributed by atoms with Crippen LogP contribution in [-0.4, -0.2) is 26.8 Å². The van der Waals surface area contributed by atoms with Crippen LogP contribution in [0.25, 0.3) is 0 Å². The smallest absolute Gasteiger partial charge is 0.178 e. The maximum absolute atomic E-state index is 12.4. The van der Waals surface area contributed by atoms with Crippen molar-refractivity contribution in [3.05, 3.63) is 28.7 Å². The molecule has 2 unspecified atom stereocenters.